The third-order valence-electron chi connectivity index (χ3n) is 8.98. The Labute approximate surface area is 240 Å². The Morgan fingerprint density at radius 1 is 0.405 bits per heavy atom. The van der Waals surface area contributed by atoms with Crippen LogP contribution in [0.5, 0.6) is 0 Å². The minimum absolute atomic E-state index is 0.957. The van der Waals surface area contributed by atoms with Gasteiger partial charge in [-0.1, -0.05) is 103 Å². The fourth-order valence-corrected chi connectivity index (χ4v) is 7.08. The summed E-state index contributed by atoms with van der Waals surface area (Å²) in [5, 5.41) is 7.43. The van der Waals surface area contributed by atoms with E-state index >= 15 is 0 Å². The molecule has 0 bridgehead atoms. The van der Waals surface area contributed by atoms with Gasteiger partial charge in [-0.15, -0.1) is 0 Å². The van der Waals surface area contributed by atoms with Crippen molar-refractivity contribution >= 4 is 65.7 Å². The minimum atomic E-state index is 0.957. The lowest BCUT2D eigenvalue weighted by Gasteiger charge is -2.11. The minimum Gasteiger partial charge on any atom is -0.277 e. The molecule has 3 aromatic heterocycles. The molecule has 3 heterocycles. The molecule has 194 valence electrons. The van der Waals surface area contributed by atoms with Crippen molar-refractivity contribution in [2.24, 2.45) is 0 Å². The number of imidazole rings is 2. The van der Waals surface area contributed by atoms with Crippen molar-refractivity contribution in [3.05, 3.63) is 140 Å². The van der Waals surface area contributed by atoms with Crippen LogP contribution >= 0.6 is 0 Å². The van der Waals surface area contributed by atoms with Gasteiger partial charge in [0, 0.05) is 10.8 Å². The number of aromatic nitrogens is 3. The van der Waals surface area contributed by atoms with Crippen LogP contribution in [0.3, 0.4) is 0 Å². The molecule has 0 fully saturated rings. The van der Waals surface area contributed by atoms with E-state index in [2.05, 4.69) is 148 Å². The van der Waals surface area contributed by atoms with Crippen molar-refractivity contribution in [1.29, 1.82) is 0 Å². The average Bonchev–Trinajstić information content (AvgIpc) is 3.68. The smallest absolute Gasteiger partial charge is 0.220 e. The second-order valence-electron chi connectivity index (χ2n) is 11.3. The Morgan fingerprint density at radius 2 is 1.00 bits per heavy atom. The highest BCUT2D eigenvalue weighted by atomic mass is 15.2. The quantitative estimate of drug-likeness (QED) is 0.217. The van der Waals surface area contributed by atoms with Crippen molar-refractivity contribution in [3.63, 3.8) is 0 Å². The van der Waals surface area contributed by atoms with Crippen LogP contribution in [0.15, 0.2) is 140 Å². The van der Waals surface area contributed by atoms with Crippen molar-refractivity contribution in [2.45, 2.75) is 0 Å². The lowest BCUT2D eigenvalue weighted by molar-refractivity contribution is 1.22. The first kappa shape index (κ1) is 22.1. The Bertz CT molecular complexity index is 2670. The van der Waals surface area contributed by atoms with Gasteiger partial charge >= 0.3 is 0 Å². The summed E-state index contributed by atoms with van der Waals surface area (Å²) in [5.41, 5.74) is 10.6. The van der Waals surface area contributed by atoms with Crippen molar-refractivity contribution in [3.8, 4) is 22.3 Å². The molecule has 0 saturated carbocycles. The summed E-state index contributed by atoms with van der Waals surface area (Å²) in [5.74, 6) is 0.957. The van der Waals surface area contributed by atoms with Gasteiger partial charge in [0.2, 0.25) is 5.78 Å². The van der Waals surface area contributed by atoms with Gasteiger partial charge < -0.3 is 0 Å². The molecular formula is C39H23N3. The molecule has 0 amide bonds. The van der Waals surface area contributed by atoms with Crippen LogP contribution in [0.2, 0.25) is 0 Å². The lowest BCUT2D eigenvalue weighted by Crippen LogP contribution is -1.87. The summed E-state index contributed by atoms with van der Waals surface area (Å²) in [4.78, 5) is 5.28. The fourth-order valence-electron chi connectivity index (χ4n) is 7.08. The SMILES string of the molecule is c1ccc(-c2ccccc2-c2cc3c4cc5ccccc5cc4n4c3c(c2)n2c3cc5ccccc5cc3nc24)cc1. The molecule has 0 unspecified atom stereocenters. The highest BCUT2D eigenvalue weighted by Crippen LogP contribution is 2.42. The number of benzene rings is 7. The first-order chi connectivity index (χ1) is 20.8. The monoisotopic (exact) mass is 533 g/mol. The van der Waals surface area contributed by atoms with Crippen LogP contribution in [-0.4, -0.2) is 13.8 Å². The average molecular weight is 534 g/mol. The molecule has 0 N–H and O–H groups in total. The summed E-state index contributed by atoms with van der Waals surface area (Å²) in [6, 6.07) is 50.6. The molecule has 10 rings (SSSR count). The first-order valence-corrected chi connectivity index (χ1v) is 14.4. The Hall–Kier alpha value is -5.67. The molecule has 3 heteroatoms. The van der Waals surface area contributed by atoms with E-state index in [1.54, 1.807) is 0 Å². The van der Waals surface area contributed by atoms with E-state index in [1.807, 2.05) is 0 Å². The number of hydrogen-bond donors (Lipinski definition) is 0. The van der Waals surface area contributed by atoms with E-state index < -0.39 is 0 Å². The maximum atomic E-state index is 5.28. The zero-order valence-electron chi connectivity index (χ0n) is 22.6. The van der Waals surface area contributed by atoms with E-state index in [0.717, 1.165) is 16.8 Å². The predicted octanol–water partition coefficient (Wildman–Crippen LogP) is 10.1. The van der Waals surface area contributed by atoms with Crippen molar-refractivity contribution in [2.75, 3.05) is 0 Å². The first-order valence-electron chi connectivity index (χ1n) is 14.4. The predicted molar refractivity (Wildman–Crippen MR) is 176 cm³/mol. The summed E-state index contributed by atoms with van der Waals surface area (Å²) in [6.45, 7) is 0. The maximum Gasteiger partial charge on any atom is 0.220 e. The molecule has 7 aromatic carbocycles. The second kappa shape index (κ2) is 7.96. The van der Waals surface area contributed by atoms with Crippen LogP contribution in [0, 0.1) is 0 Å². The molecule has 0 aliphatic rings. The Balaban J connectivity index is 1.41. The topological polar surface area (TPSA) is 21.7 Å². The third kappa shape index (κ3) is 2.87. The van der Waals surface area contributed by atoms with Gasteiger partial charge in [0.25, 0.3) is 0 Å². The van der Waals surface area contributed by atoms with Gasteiger partial charge in [0.15, 0.2) is 0 Å². The summed E-state index contributed by atoms with van der Waals surface area (Å²) in [6.07, 6.45) is 0. The van der Waals surface area contributed by atoms with Gasteiger partial charge in [-0.3, -0.25) is 8.80 Å². The van der Waals surface area contributed by atoms with Crippen LogP contribution < -0.4 is 0 Å². The number of rotatable bonds is 2. The zero-order valence-corrected chi connectivity index (χ0v) is 22.6. The van der Waals surface area contributed by atoms with Crippen molar-refractivity contribution < 1.29 is 0 Å². The largest absolute Gasteiger partial charge is 0.277 e. The Morgan fingerprint density at radius 3 is 1.74 bits per heavy atom. The molecule has 10 aromatic rings. The number of fused-ring (bicyclic) bond motifs is 10. The Kier molecular flexibility index (Phi) is 4.18. The standard InChI is InChI=1S/C39H23N3/c1-2-10-24(11-3-1)30-16-8-9-17-31(30)29-19-33-32-18-25-12-4-6-14-27(25)21-35(32)42-38(33)37(23-29)41-36-22-28-15-7-5-13-26(28)20-34(36)40-39(41)42/h1-23H. The molecule has 0 atom stereocenters. The summed E-state index contributed by atoms with van der Waals surface area (Å²) >= 11 is 0. The molecule has 0 spiro atoms. The molecule has 0 aliphatic heterocycles. The number of nitrogens with zero attached hydrogens (tertiary/aromatic N) is 3. The van der Waals surface area contributed by atoms with Crippen LogP contribution in [0.25, 0.3) is 87.9 Å². The van der Waals surface area contributed by atoms with Crippen LogP contribution in [0.4, 0.5) is 0 Å². The van der Waals surface area contributed by atoms with Gasteiger partial charge in [0.05, 0.1) is 27.6 Å². The second-order valence-corrected chi connectivity index (χ2v) is 11.3. The summed E-state index contributed by atoms with van der Waals surface area (Å²) in [7, 11) is 0. The van der Waals surface area contributed by atoms with E-state index in [0.29, 0.717) is 0 Å². The molecule has 0 saturated heterocycles. The van der Waals surface area contributed by atoms with Gasteiger partial charge in [-0.25, -0.2) is 4.98 Å². The normalized spacial score (nSPS) is 12.3. The van der Waals surface area contributed by atoms with E-state index in [9.17, 15) is 0 Å². The maximum absolute atomic E-state index is 5.28. The van der Waals surface area contributed by atoms with Crippen molar-refractivity contribution in [1.82, 2.24) is 13.8 Å². The number of hydrogen-bond acceptors (Lipinski definition) is 1. The molecule has 0 radical (unpaired) electrons. The molecule has 42 heavy (non-hydrogen) atoms. The lowest BCUT2D eigenvalue weighted by atomic mass is 9.93. The zero-order chi connectivity index (χ0) is 27.4. The van der Waals surface area contributed by atoms with Crippen LogP contribution in [0.1, 0.15) is 0 Å². The van der Waals surface area contributed by atoms with E-state index in [-0.39, 0.29) is 0 Å². The van der Waals surface area contributed by atoms with Gasteiger partial charge in [-0.05, 0) is 80.2 Å². The van der Waals surface area contributed by atoms with E-state index in [4.69, 9.17) is 4.98 Å². The summed E-state index contributed by atoms with van der Waals surface area (Å²) < 4.78 is 4.75. The van der Waals surface area contributed by atoms with E-state index in [1.165, 1.54) is 71.1 Å². The van der Waals surface area contributed by atoms with Crippen LogP contribution in [-0.2, 0) is 0 Å². The fraction of sp³-hybridized carbons (Fsp3) is 0. The highest BCUT2D eigenvalue weighted by molar-refractivity contribution is 6.20. The van der Waals surface area contributed by atoms with Gasteiger partial charge in [-0.2, -0.15) is 0 Å². The third-order valence-corrected chi connectivity index (χ3v) is 8.98. The van der Waals surface area contributed by atoms with Gasteiger partial charge in [0.1, 0.15) is 0 Å². The molecule has 3 nitrogen and oxygen atoms in total. The highest BCUT2D eigenvalue weighted by Gasteiger charge is 2.23. The molecule has 0 aliphatic carbocycles. The molecular weight excluding hydrogens is 510 g/mol.